The summed E-state index contributed by atoms with van der Waals surface area (Å²) in [5.74, 6) is 1.81. The van der Waals surface area contributed by atoms with E-state index in [4.69, 9.17) is 9.47 Å². The van der Waals surface area contributed by atoms with Crippen LogP contribution in [0.2, 0.25) is 0 Å². The fourth-order valence-corrected chi connectivity index (χ4v) is 4.83. The van der Waals surface area contributed by atoms with Gasteiger partial charge < -0.3 is 9.47 Å². The zero-order valence-electron chi connectivity index (χ0n) is 12.8. The standard InChI is InChI=1S/C18H25BrO2/c1-2-12-20-14-8-4-5-9-15(14)21-17-13-16(19)18(17)10-6-3-7-11-18/h4-5,8-9,16-17H,2-3,6-7,10-13H2,1H3. The van der Waals surface area contributed by atoms with Crippen molar-refractivity contribution < 1.29 is 9.47 Å². The van der Waals surface area contributed by atoms with Gasteiger partial charge in [-0.3, -0.25) is 0 Å². The van der Waals surface area contributed by atoms with Gasteiger partial charge >= 0.3 is 0 Å². The van der Waals surface area contributed by atoms with Gasteiger partial charge in [-0.1, -0.05) is 54.2 Å². The van der Waals surface area contributed by atoms with E-state index in [0.717, 1.165) is 30.9 Å². The molecule has 0 aliphatic heterocycles. The highest BCUT2D eigenvalue weighted by Gasteiger charge is 2.55. The second-order valence-electron chi connectivity index (χ2n) is 6.40. The molecule has 0 N–H and O–H groups in total. The SMILES string of the molecule is CCCOc1ccccc1OC1CC(Br)C12CCCCC2. The zero-order chi connectivity index (χ0) is 14.7. The minimum atomic E-state index is 0.341. The number of hydrogen-bond acceptors (Lipinski definition) is 2. The number of hydrogen-bond donors (Lipinski definition) is 0. The lowest BCUT2D eigenvalue weighted by atomic mass is 9.58. The van der Waals surface area contributed by atoms with Crippen LogP contribution in [0.1, 0.15) is 51.9 Å². The first-order chi connectivity index (χ1) is 10.3. The van der Waals surface area contributed by atoms with Crippen molar-refractivity contribution in [3.05, 3.63) is 24.3 Å². The van der Waals surface area contributed by atoms with E-state index in [1.807, 2.05) is 24.3 Å². The average Bonchev–Trinajstić information content (AvgIpc) is 2.54. The summed E-state index contributed by atoms with van der Waals surface area (Å²) in [7, 11) is 0. The molecule has 2 fully saturated rings. The molecule has 2 aliphatic rings. The van der Waals surface area contributed by atoms with Gasteiger partial charge in [-0.2, -0.15) is 0 Å². The molecular weight excluding hydrogens is 328 g/mol. The summed E-state index contributed by atoms with van der Waals surface area (Å²) < 4.78 is 12.2. The molecule has 0 amide bonds. The average molecular weight is 353 g/mol. The third-order valence-corrected chi connectivity index (χ3v) is 6.34. The zero-order valence-corrected chi connectivity index (χ0v) is 14.4. The molecule has 0 bridgehead atoms. The molecule has 21 heavy (non-hydrogen) atoms. The van der Waals surface area contributed by atoms with Crippen LogP contribution in [0.15, 0.2) is 24.3 Å². The Kier molecular flexibility index (Phi) is 4.78. The van der Waals surface area contributed by atoms with Gasteiger partial charge in [-0.15, -0.1) is 0 Å². The Morgan fingerprint density at radius 3 is 2.52 bits per heavy atom. The van der Waals surface area contributed by atoms with Gasteiger partial charge in [-0.05, 0) is 37.8 Å². The van der Waals surface area contributed by atoms with Gasteiger partial charge in [0.1, 0.15) is 6.10 Å². The Bertz CT molecular complexity index is 468. The highest BCUT2D eigenvalue weighted by Crippen LogP contribution is 2.56. The van der Waals surface area contributed by atoms with E-state index >= 15 is 0 Å². The van der Waals surface area contributed by atoms with E-state index in [9.17, 15) is 0 Å². The molecule has 0 heterocycles. The lowest BCUT2D eigenvalue weighted by Crippen LogP contribution is -2.57. The van der Waals surface area contributed by atoms with Crippen molar-refractivity contribution in [2.24, 2.45) is 5.41 Å². The maximum absolute atomic E-state index is 6.39. The molecule has 3 heteroatoms. The molecule has 1 aromatic rings. The van der Waals surface area contributed by atoms with Crippen molar-refractivity contribution in [2.75, 3.05) is 6.61 Å². The normalized spacial score (nSPS) is 27.1. The van der Waals surface area contributed by atoms with E-state index in [2.05, 4.69) is 22.9 Å². The highest BCUT2D eigenvalue weighted by atomic mass is 79.9. The summed E-state index contributed by atoms with van der Waals surface area (Å²) in [5, 5.41) is 0. The Hall–Kier alpha value is -0.700. The van der Waals surface area contributed by atoms with Gasteiger partial charge in [-0.25, -0.2) is 0 Å². The van der Waals surface area contributed by atoms with Crippen LogP contribution in [0.4, 0.5) is 0 Å². The first-order valence-corrected chi connectivity index (χ1v) is 9.20. The summed E-state index contributed by atoms with van der Waals surface area (Å²) >= 11 is 3.88. The highest BCUT2D eigenvalue weighted by molar-refractivity contribution is 9.09. The van der Waals surface area contributed by atoms with E-state index in [-0.39, 0.29) is 0 Å². The van der Waals surface area contributed by atoms with E-state index < -0.39 is 0 Å². The van der Waals surface area contributed by atoms with Gasteiger partial charge in [0, 0.05) is 10.2 Å². The van der Waals surface area contributed by atoms with Crippen LogP contribution in [0, 0.1) is 5.41 Å². The molecule has 1 aromatic carbocycles. The van der Waals surface area contributed by atoms with Gasteiger partial charge in [0.2, 0.25) is 0 Å². The predicted molar refractivity (Wildman–Crippen MR) is 89.5 cm³/mol. The lowest BCUT2D eigenvalue weighted by molar-refractivity contribution is -0.0612. The largest absolute Gasteiger partial charge is 0.490 e. The fraction of sp³-hybridized carbons (Fsp3) is 0.667. The van der Waals surface area contributed by atoms with Crippen LogP contribution in [0.25, 0.3) is 0 Å². The maximum atomic E-state index is 6.39. The van der Waals surface area contributed by atoms with Crippen molar-refractivity contribution in [1.29, 1.82) is 0 Å². The van der Waals surface area contributed by atoms with E-state index in [1.54, 1.807) is 0 Å². The number of alkyl halides is 1. The molecule has 2 nitrogen and oxygen atoms in total. The van der Waals surface area contributed by atoms with E-state index in [1.165, 1.54) is 32.1 Å². The molecular formula is C18H25BrO2. The third-order valence-electron chi connectivity index (χ3n) is 5.05. The quantitative estimate of drug-likeness (QED) is 0.665. The molecule has 116 valence electrons. The molecule has 0 saturated heterocycles. The molecule has 2 aliphatic carbocycles. The van der Waals surface area contributed by atoms with Gasteiger partial charge in [0.15, 0.2) is 11.5 Å². The Balaban J connectivity index is 1.72. The molecule has 2 unspecified atom stereocenters. The van der Waals surface area contributed by atoms with Crippen molar-refractivity contribution >= 4 is 15.9 Å². The number of benzene rings is 1. The number of halogens is 1. The van der Waals surface area contributed by atoms with Crippen molar-refractivity contribution in [1.82, 2.24) is 0 Å². The van der Waals surface area contributed by atoms with E-state index in [0.29, 0.717) is 16.3 Å². The topological polar surface area (TPSA) is 18.5 Å². The monoisotopic (exact) mass is 352 g/mol. The molecule has 3 rings (SSSR count). The Morgan fingerprint density at radius 1 is 1.14 bits per heavy atom. The predicted octanol–water partition coefficient (Wildman–Crippen LogP) is 5.34. The minimum Gasteiger partial charge on any atom is -0.490 e. The Morgan fingerprint density at radius 2 is 1.86 bits per heavy atom. The Labute approximate surface area is 136 Å². The minimum absolute atomic E-state index is 0.341. The van der Waals surface area contributed by atoms with Gasteiger partial charge in [0.05, 0.1) is 6.61 Å². The second-order valence-corrected chi connectivity index (χ2v) is 7.50. The lowest BCUT2D eigenvalue weighted by Gasteiger charge is -2.55. The summed E-state index contributed by atoms with van der Waals surface area (Å²) in [6.07, 6.45) is 9.13. The maximum Gasteiger partial charge on any atom is 0.161 e. The van der Waals surface area contributed by atoms with Crippen LogP contribution >= 0.6 is 15.9 Å². The number of rotatable bonds is 5. The number of para-hydroxylation sites is 2. The summed E-state index contributed by atoms with van der Waals surface area (Å²) in [6.45, 7) is 2.87. The van der Waals surface area contributed by atoms with Crippen molar-refractivity contribution in [3.63, 3.8) is 0 Å². The molecule has 2 saturated carbocycles. The fourth-order valence-electron chi connectivity index (χ4n) is 3.74. The second kappa shape index (κ2) is 6.60. The summed E-state index contributed by atoms with van der Waals surface area (Å²) in [4.78, 5) is 0.624. The summed E-state index contributed by atoms with van der Waals surface area (Å²) in [6, 6.07) is 8.11. The third kappa shape index (κ3) is 2.94. The summed E-state index contributed by atoms with van der Waals surface area (Å²) in [5.41, 5.74) is 0.357. The van der Waals surface area contributed by atoms with Crippen LogP contribution in [0.3, 0.4) is 0 Å². The molecule has 1 spiro atoms. The van der Waals surface area contributed by atoms with Crippen molar-refractivity contribution in [3.8, 4) is 11.5 Å². The smallest absolute Gasteiger partial charge is 0.161 e. The molecule has 2 atom stereocenters. The molecule has 0 radical (unpaired) electrons. The first kappa shape index (κ1) is 15.2. The van der Waals surface area contributed by atoms with Crippen LogP contribution in [-0.4, -0.2) is 17.5 Å². The van der Waals surface area contributed by atoms with Crippen LogP contribution < -0.4 is 9.47 Å². The van der Waals surface area contributed by atoms with Gasteiger partial charge in [0.25, 0.3) is 0 Å². The number of ether oxygens (including phenoxy) is 2. The first-order valence-electron chi connectivity index (χ1n) is 8.29. The van der Waals surface area contributed by atoms with Crippen molar-refractivity contribution in [2.45, 2.75) is 62.8 Å². The van der Waals surface area contributed by atoms with Crippen LogP contribution in [-0.2, 0) is 0 Å². The molecule has 0 aromatic heterocycles. The van der Waals surface area contributed by atoms with Crippen LogP contribution in [0.5, 0.6) is 11.5 Å².